The molecule has 2 aromatic rings. The molecule has 1 saturated heterocycles. The zero-order chi connectivity index (χ0) is 17.3. The van der Waals surface area contributed by atoms with Crippen LogP contribution in [0.3, 0.4) is 0 Å². The first-order valence-corrected chi connectivity index (χ1v) is 9.34. The van der Waals surface area contributed by atoms with Gasteiger partial charge in [-0.3, -0.25) is 9.48 Å². The summed E-state index contributed by atoms with van der Waals surface area (Å²) in [6.07, 6.45) is 6.36. The lowest BCUT2D eigenvalue weighted by molar-refractivity contribution is 0.0943. The highest BCUT2D eigenvalue weighted by atomic mass is 35.5. The van der Waals surface area contributed by atoms with Crippen LogP contribution in [-0.2, 0) is 5.41 Å². The first-order valence-electron chi connectivity index (χ1n) is 8.96. The van der Waals surface area contributed by atoms with Crippen LogP contribution in [0.5, 0.6) is 0 Å². The van der Waals surface area contributed by atoms with E-state index in [1.54, 1.807) is 0 Å². The van der Waals surface area contributed by atoms with E-state index in [4.69, 9.17) is 11.6 Å². The molecule has 4 rings (SSSR count). The Balaban J connectivity index is 0.00000196. The largest absolute Gasteiger partial charge is 0.350 e. The Morgan fingerprint density at radius 1 is 1.31 bits per heavy atom. The molecule has 2 N–H and O–H groups in total. The second kappa shape index (κ2) is 7.99. The first kappa shape index (κ1) is 19.2. The fourth-order valence-corrected chi connectivity index (χ4v) is 3.71. The van der Waals surface area contributed by atoms with E-state index in [0.29, 0.717) is 18.3 Å². The molecule has 2 fully saturated rings. The lowest BCUT2D eigenvalue weighted by atomic mass is 9.96. The van der Waals surface area contributed by atoms with Crippen molar-refractivity contribution in [3.63, 3.8) is 0 Å². The van der Waals surface area contributed by atoms with Gasteiger partial charge in [-0.15, -0.1) is 12.4 Å². The highest BCUT2D eigenvalue weighted by Crippen LogP contribution is 2.47. The Morgan fingerprint density at radius 2 is 2.08 bits per heavy atom. The summed E-state index contributed by atoms with van der Waals surface area (Å²) in [5.41, 5.74) is 1.81. The van der Waals surface area contributed by atoms with Gasteiger partial charge in [0.2, 0.25) is 0 Å². The predicted octanol–water partition coefficient (Wildman–Crippen LogP) is 3.34. The van der Waals surface area contributed by atoms with Crippen LogP contribution in [0.15, 0.2) is 36.5 Å². The maximum absolute atomic E-state index is 12.5. The van der Waals surface area contributed by atoms with Crippen molar-refractivity contribution in [2.24, 2.45) is 0 Å². The Kier molecular flexibility index (Phi) is 5.90. The molecule has 1 aliphatic carbocycles. The molecule has 2 aliphatic rings. The highest BCUT2D eigenvalue weighted by Gasteiger charge is 2.44. The van der Waals surface area contributed by atoms with Crippen LogP contribution in [0.4, 0.5) is 0 Å². The van der Waals surface area contributed by atoms with E-state index < -0.39 is 0 Å². The molecule has 0 bridgehead atoms. The Bertz CT molecular complexity index is 749. The van der Waals surface area contributed by atoms with Crippen molar-refractivity contribution >= 4 is 29.9 Å². The summed E-state index contributed by atoms with van der Waals surface area (Å²) in [6.45, 7) is 2.63. The number of piperidine rings is 1. The minimum atomic E-state index is -0.0947. The smallest absolute Gasteiger partial charge is 0.271 e. The third kappa shape index (κ3) is 4.05. The van der Waals surface area contributed by atoms with Gasteiger partial charge in [-0.05, 0) is 56.0 Å². The van der Waals surface area contributed by atoms with Gasteiger partial charge < -0.3 is 10.6 Å². The zero-order valence-electron chi connectivity index (χ0n) is 14.6. The molecule has 1 aliphatic heterocycles. The molecule has 7 heteroatoms. The zero-order valence-corrected chi connectivity index (χ0v) is 16.2. The van der Waals surface area contributed by atoms with Crippen LogP contribution >= 0.6 is 24.0 Å². The van der Waals surface area contributed by atoms with Gasteiger partial charge >= 0.3 is 0 Å². The summed E-state index contributed by atoms with van der Waals surface area (Å²) < 4.78 is 1.92. The quantitative estimate of drug-likeness (QED) is 0.817. The summed E-state index contributed by atoms with van der Waals surface area (Å²) in [6, 6.07) is 10.1. The molecule has 1 unspecified atom stereocenters. The average molecular weight is 395 g/mol. The van der Waals surface area contributed by atoms with Gasteiger partial charge in [-0.1, -0.05) is 23.7 Å². The SMILES string of the molecule is Cl.O=C(NCC1(c2ccc(Cl)cc2)CC1)c1ccn(C2CCCNC2)n1. The number of aromatic nitrogens is 2. The molecule has 1 amide bonds. The number of hydrogen-bond donors (Lipinski definition) is 2. The van der Waals surface area contributed by atoms with Gasteiger partial charge in [-0.25, -0.2) is 0 Å². The Labute approximate surface area is 164 Å². The molecule has 26 heavy (non-hydrogen) atoms. The fraction of sp³-hybridized carbons (Fsp3) is 0.474. The number of rotatable bonds is 5. The van der Waals surface area contributed by atoms with E-state index in [-0.39, 0.29) is 23.7 Å². The van der Waals surface area contributed by atoms with E-state index >= 15 is 0 Å². The normalized spacial score (nSPS) is 20.9. The third-order valence-corrected chi connectivity index (χ3v) is 5.64. The van der Waals surface area contributed by atoms with Crippen molar-refractivity contribution in [2.45, 2.75) is 37.1 Å². The molecular formula is C19H24Cl2N4O. The van der Waals surface area contributed by atoms with Crippen LogP contribution in [0.25, 0.3) is 0 Å². The molecule has 0 spiro atoms. The van der Waals surface area contributed by atoms with Gasteiger partial charge in [-0.2, -0.15) is 5.10 Å². The first-order chi connectivity index (χ1) is 12.2. The van der Waals surface area contributed by atoms with Crippen molar-refractivity contribution in [3.05, 3.63) is 52.8 Å². The molecule has 1 aromatic carbocycles. The summed E-state index contributed by atoms with van der Waals surface area (Å²) >= 11 is 5.97. The number of carbonyl (C=O) groups is 1. The monoisotopic (exact) mass is 394 g/mol. The van der Waals surface area contributed by atoms with Crippen LogP contribution in [0.1, 0.15) is 47.8 Å². The van der Waals surface area contributed by atoms with Gasteiger partial charge in [0.05, 0.1) is 6.04 Å². The van der Waals surface area contributed by atoms with Gasteiger partial charge in [0, 0.05) is 29.7 Å². The van der Waals surface area contributed by atoms with Crippen molar-refractivity contribution < 1.29 is 4.79 Å². The lowest BCUT2D eigenvalue weighted by Gasteiger charge is -2.22. The van der Waals surface area contributed by atoms with Gasteiger partial charge in [0.15, 0.2) is 0 Å². The van der Waals surface area contributed by atoms with Crippen LogP contribution < -0.4 is 10.6 Å². The maximum Gasteiger partial charge on any atom is 0.271 e. The van der Waals surface area contributed by atoms with E-state index in [0.717, 1.165) is 43.8 Å². The molecule has 5 nitrogen and oxygen atoms in total. The minimum absolute atomic E-state index is 0. The number of nitrogens with one attached hydrogen (secondary N) is 2. The molecule has 1 saturated carbocycles. The molecule has 140 valence electrons. The van der Waals surface area contributed by atoms with E-state index in [1.165, 1.54) is 5.56 Å². The number of carbonyl (C=O) groups excluding carboxylic acids is 1. The third-order valence-electron chi connectivity index (χ3n) is 5.38. The predicted molar refractivity (Wildman–Crippen MR) is 105 cm³/mol. The summed E-state index contributed by atoms with van der Waals surface area (Å²) in [5.74, 6) is -0.0947. The van der Waals surface area contributed by atoms with Gasteiger partial charge in [0.25, 0.3) is 5.91 Å². The number of nitrogens with zero attached hydrogens (tertiary/aromatic N) is 2. The molecule has 1 atom stereocenters. The minimum Gasteiger partial charge on any atom is -0.350 e. The van der Waals surface area contributed by atoms with Crippen molar-refractivity contribution in [1.82, 2.24) is 20.4 Å². The second-order valence-electron chi connectivity index (χ2n) is 7.15. The van der Waals surface area contributed by atoms with Crippen LogP contribution in [0.2, 0.25) is 5.02 Å². The van der Waals surface area contributed by atoms with Crippen LogP contribution in [0, 0.1) is 0 Å². The lowest BCUT2D eigenvalue weighted by Crippen LogP contribution is -2.33. The summed E-state index contributed by atoms with van der Waals surface area (Å²) in [5, 5.41) is 11.7. The number of hydrogen-bond acceptors (Lipinski definition) is 3. The van der Waals surface area contributed by atoms with Crippen molar-refractivity contribution in [2.75, 3.05) is 19.6 Å². The van der Waals surface area contributed by atoms with E-state index in [9.17, 15) is 4.79 Å². The second-order valence-corrected chi connectivity index (χ2v) is 7.59. The van der Waals surface area contributed by atoms with E-state index in [1.807, 2.05) is 29.1 Å². The topological polar surface area (TPSA) is 59.0 Å². The summed E-state index contributed by atoms with van der Waals surface area (Å²) in [7, 11) is 0. The van der Waals surface area contributed by atoms with E-state index in [2.05, 4.69) is 27.9 Å². The summed E-state index contributed by atoms with van der Waals surface area (Å²) in [4.78, 5) is 12.5. The van der Waals surface area contributed by atoms with Crippen molar-refractivity contribution in [3.8, 4) is 0 Å². The number of amides is 1. The molecule has 0 radical (unpaired) electrons. The maximum atomic E-state index is 12.5. The number of benzene rings is 1. The average Bonchev–Trinajstić information content (AvgIpc) is 3.27. The van der Waals surface area contributed by atoms with Crippen molar-refractivity contribution in [1.29, 1.82) is 0 Å². The van der Waals surface area contributed by atoms with Crippen LogP contribution in [-0.4, -0.2) is 35.3 Å². The standard InChI is InChI=1S/C19H23ClN4O.ClH/c20-15-5-3-14(4-6-15)19(8-9-19)13-22-18(25)17-7-11-24(23-17)16-2-1-10-21-12-16;/h3-7,11,16,21H,1-2,8-10,12-13H2,(H,22,25);1H. The molecule has 1 aromatic heterocycles. The molecule has 2 heterocycles. The Hall–Kier alpha value is -1.56. The molecular weight excluding hydrogens is 371 g/mol. The fourth-order valence-electron chi connectivity index (χ4n) is 3.58. The highest BCUT2D eigenvalue weighted by molar-refractivity contribution is 6.30. The number of halogens is 2. The van der Waals surface area contributed by atoms with Gasteiger partial charge in [0.1, 0.15) is 5.69 Å². The Morgan fingerprint density at radius 3 is 2.73 bits per heavy atom.